The number of hydrogen-bond acceptors (Lipinski definition) is 0. The predicted molar refractivity (Wildman–Crippen MR) is 196 cm³/mol. The summed E-state index contributed by atoms with van der Waals surface area (Å²) in [6.07, 6.45) is 50.5. The molecule has 1 aromatic rings. The summed E-state index contributed by atoms with van der Waals surface area (Å²) in [5, 5.41) is 0. The molecule has 1 heterocycles. The maximum absolute atomic E-state index is 4.00. The van der Waals surface area contributed by atoms with Crippen LogP contribution in [0.3, 0.4) is 0 Å². The summed E-state index contributed by atoms with van der Waals surface area (Å²) in [5.74, 6) is 0.763. The molecule has 0 saturated carbocycles. The molecule has 2 heteroatoms. The molecule has 0 aromatic carbocycles. The zero-order chi connectivity index (χ0) is 31.6. The third-order valence-corrected chi connectivity index (χ3v) is 10.1. The van der Waals surface area contributed by atoms with Crippen LogP contribution in [0.25, 0.3) is 0 Å². The zero-order valence-electron chi connectivity index (χ0n) is 30.6. The van der Waals surface area contributed by atoms with E-state index in [-0.39, 0.29) is 0 Å². The highest BCUT2D eigenvalue weighted by Crippen LogP contribution is 2.28. The van der Waals surface area contributed by atoms with Crippen molar-refractivity contribution in [1.82, 2.24) is 0 Å². The second kappa shape index (κ2) is 33.5. The summed E-state index contributed by atoms with van der Waals surface area (Å²) in [7, 11) is 0. The van der Waals surface area contributed by atoms with E-state index < -0.39 is 0 Å². The summed E-state index contributed by atoms with van der Waals surface area (Å²) in [6, 6.07) is 4.89. The highest BCUT2D eigenvalue weighted by molar-refractivity contribution is 5.13. The topological polar surface area (TPSA) is 31.5 Å². The van der Waals surface area contributed by atoms with Crippen molar-refractivity contribution in [2.45, 2.75) is 232 Å². The number of hydrogen-bond donors (Lipinski definition) is 1. The van der Waals surface area contributed by atoms with Crippen LogP contribution in [0.4, 0.5) is 0 Å². The Hall–Kier alpha value is -0.890. The van der Waals surface area contributed by atoms with Gasteiger partial charge in [-0.15, -0.1) is 0 Å². The number of rotatable bonds is 35. The molecule has 0 bridgehead atoms. The molecule has 0 amide bonds. The van der Waals surface area contributed by atoms with Gasteiger partial charge in [-0.2, -0.15) is 0 Å². The van der Waals surface area contributed by atoms with Crippen LogP contribution in [-0.2, 0) is 6.54 Å². The van der Waals surface area contributed by atoms with E-state index in [1.54, 1.807) is 5.56 Å². The highest BCUT2D eigenvalue weighted by atomic mass is 14.9. The Balaban J connectivity index is 2.20. The lowest BCUT2D eigenvalue weighted by Crippen LogP contribution is -2.50. The van der Waals surface area contributed by atoms with Gasteiger partial charge in [-0.25, -0.2) is 4.57 Å². The second-order valence-electron chi connectivity index (χ2n) is 14.4. The van der Waals surface area contributed by atoms with Crippen molar-refractivity contribution in [2.75, 3.05) is 6.54 Å². The molecule has 1 aromatic heterocycles. The molecule has 0 aliphatic carbocycles. The fraction of sp³-hybridized carbons (Fsp3) is 0.881. The number of nitrogens with zero attached hydrogens (tertiary/aromatic N) is 1. The first kappa shape index (κ1) is 41.1. The van der Waals surface area contributed by atoms with Crippen molar-refractivity contribution in [3.63, 3.8) is 0 Å². The largest absolute Gasteiger partial charge is 0.358 e. The molecule has 0 aliphatic rings. The Bertz CT molecular complexity index is 637. The molecule has 0 spiro atoms. The second-order valence-corrected chi connectivity index (χ2v) is 14.4. The van der Waals surface area contributed by atoms with E-state index in [1.165, 1.54) is 205 Å². The molecule has 0 fully saturated rings. The lowest BCUT2D eigenvalue weighted by molar-refractivity contribution is -0.697. The van der Waals surface area contributed by atoms with E-state index in [9.17, 15) is 0 Å². The number of aromatic nitrogens is 1. The number of quaternary nitrogens is 1. The Kier molecular flexibility index (Phi) is 31.3. The lowest BCUT2D eigenvalue weighted by atomic mass is 9.88. The molecule has 0 aliphatic heterocycles. The Labute approximate surface area is 278 Å². The van der Waals surface area contributed by atoms with Crippen molar-refractivity contribution in [1.29, 1.82) is 0 Å². The normalized spacial score (nSPS) is 11.6. The minimum absolute atomic E-state index is 0.763. The van der Waals surface area contributed by atoms with Crippen LogP contribution in [0.5, 0.6) is 0 Å². The van der Waals surface area contributed by atoms with Crippen molar-refractivity contribution < 1.29 is 10.3 Å². The maximum atomic E-state index is 4.00. The molecule has 1 rings (SSSR count). The van der Waals surface area contributed by atoms with Gasteiger partial charge in [0.25, 0.3) is 0 Å². The average molecular weight is 615 g/mol. The number of pyridine rings is 1. The van der Waals surface area contributed by atoms with Crippen molar-refractivity contribution in [2.24, 2.45) is 0 Å². The van der Waals surface area contributed by atoms with Crippen LogP contribution in [-0.4, -0.2) is 6.54 Å². The first-order chi connectivity index (χ1) is 21.8. The van der Waals surface area contributed by atoms with Gasteiger partial charge < -0.3 is 5.73 Å². The maximum Gasteiger partial charge on any atom is 0.169 e. The van der Waals surface area contributed by atoms with E-state index in [2.05, 4.69) is 48.7 Å². The smallest absolute Gasteiger partial charge is 0.169 e. The quantitative estimate of drug-likeness (QED) is 0.0582. The molecule has 0 radical (unpaired) electrons. The first-order valence-corrected chi connectivity index (χ1v) is 20.6. The van der Waals surface area contributed by atoms with E-state index >= 15 is 0 Å². The first-order valence-electron chi connectivity index (χ1n) is 20.6. The van der Waals surface area contributed by atoms with Gasteiger partial charge in [0.2, 0.25) is 0 Å². The monoisotopic (exact) mass is 615 g/mol. The van der Waals surface area contributed by atoms with Crippen molar-refractivity contribution in [3.05, 3.63) is 30.1 Å². The molecular formula is C42H82N2+2. The molecule has 0 atom stereocenters. The summed E-state index contributed by atoms with van der Waals surface area (Å²) >= 11 is 0. The Morgan fingerprint density at radius 3 is 1.07 bits per heavy atom. The molecule has 0 saturated heterocycles. The Morgan fingerprint density at radius 2 is 0.750 bits per heavy atom. The van der Waals surface area contributed by atoms with E-state index in [0.717, 1.165) is 19.0 Å². The van der Waals surface area contributed by atoms with Gasteiger partial charge in [-0.3, -0.25) is 0 Å². The summed E-state index contributed by atoms with van der Waals surface area (Å²) < 4.78 is 2.38. The van der Waals surface area contributed by atoms with Crippen LogP contribution in [0.15, 0.2) is 24.5 Å². The minimum Gasteiger partial charge on any atom is -0.358 e. The third kappa shape index (κ3) is 26.3. The number of aryl methyl sites for hydroxylation is 1. The van der Waals surface area contributed by atoms with Gasteiger partial charge in [0, 0.05) is 25.0 Å². The molecule has 2 nitrogen and oxygen atoms in total. The fourth-order valence-electron chi connectivity index (χ4n) is 7.01. The lowest BCUT2D eigenvalue weighted by Gasteiger charge is -2.17. The van der Waals surface area contributed by atoms with Crippen LogP contribution in [0.1, 0.15) is 231 Å². The van der Waals surface area contributed by atoms with Crippen LogP contribution >= 0.6 is 0 Å². The third-order valence-electron chi connectivity index (χ3n) is 10.1. The SMILES string of the molecule is CCCCCCCCCCCCCCCCC(CCCCCCCCCCCCCCCC)c1cc[n+](CCCC[NH3+])cc1. The van der Waals surface area contributed by atoms with Crippen LogP contribution < -0.4 is 10.3 Å². The minimum atomic E-state index is 0.763. The molecular weight excluding hydrogens is 532 g/mol. The predicted octanol–water partition coefficient (Wildman–Crippen LogP) is 12.8. The highest BCUT2D eigenvalue weighted by Gasteiger charge is 2.13. The van der Waals surface area contributed by atoms with Gasteiger partial charge >= 0.3 is 0 Å². The van der Waals surface area contributed by atoms with E-state index in [0.29, 0.717) is 0 Å². The van der Waals surface area contributed by atoms with Gasteiger partial charge in [0.05, 0.1) is 6.54 Å². The van der Waals surface area contributed by atoms with Crippen LogP contribution in [0.2, 0.25) is 0 Å². The van der Waals surface area contributed by atoms with E-state index in [4.69, 9.17) is 0 Å². The number of unbranched alkanes of at least 4 members (excludes halogenated alkanes) is 27. The summed E-state index contributed by atoms with van der Waals surface area (Å²) in [6.45, 7) is 6.81. The molecule has 0 unspecified atom stereocenters. The van der Waals surface area contributed by atoms with Gasteiger partial charge in [0.15, 0.2) is 12.4 Å². The summed E-state index contributed by atoms with van der Waals surface area (Å²) in [4.78, 5) is 0. The fourth-order valence-corrected chi connectivity index (χ4v) is 7.01. The van der Waals surface area contributed by atoms with Gasteiger partial charge in [-0.1, -0.05) is 194 Å². The van der Waals surface area contributed by atoms with Crippen LogP contribution in [0, 0.1) is 0 Å². The van der Waals surface area contributed by atoms with Gasteiger partial charge in [-0.05, 0) is 24.3 Å². The van der Waals surface area contributed by atoms with Gasteiger partial charge in [0.1, 0.15) is 6.54 Å². The molecule has 258 valence electrons. The van der Waals surface area contributed by atoms with E-state index in [1.807, 2.05) is 0 Å². The van der Waals surface area contributed by atoms with Crippen molar-refractivity contribution >= 4 is 0 Å². The summed E-state index contributed by atoms with van der Waals surface area (Å²) in [5.41, 5.74) is 5.60. The van der Waals surface area contributed by atoms with Crippen molar-refractivity contribution in [3.8, 4) is 0 Å². The zero-order valence-corrected chi connectivity index (χ0v) is 30.6. The molecule has 3 N–H and O–H groups in total. The Morgan fingerprint density at radius 1 is 0.432 bits per heavy atom. The molecule has 44 heavy (non-hydrogen) atoms. The average Bonchev–Trinajstić information content (AvgIpc) is 3.04. The standard InChI is InChI=1S/C42H81N2/c1-3-5-7-9-11-13-15-17-19-21-23-25-27-29-33-41(42-35-39-44(40-36-42)38-32-31-37-43)34-30-28-26-24-22-20-18-16-14-12-10-8-6-4-2/h35-36,39-41H,3-34,37-38,43H2,1-2H3/q+1/p+1.